The van der Waals surface area contributed by atoms with Gasteiger partial charge in [0.05, 0.1) is 5.41 Å². The average Bonchev–Trinajstić information content (AvgIpc) is 3.38. The van der Waals surface area contributed by atoms with Crippen LogP contribution in [0.5, 0.6) is 0 Å². The largest absolute Gasteiger partial charge is 0.481 e. The third-order valence-electron chi connectivity index (χ3n) is 4.92. The van der Waals surface area contributed by atoms with Crippen molar-refractivity contribution < 1.29 is 23.5 Å². The molecule has 136 valence electrons. The number of aliphatic carboxylic acids is 1. The van der Waals surface area contributed by atoms with E-state index in [2.05, 4.69) is 5.32 Å². The molecule has 4 nitrogen and oxygen atoms in total. The zero-order chi connectivity index (χ0) is 19.1. The van der Waals surface area contributed by atoms with Crippen LogP contribution in [0.4, 0.5) is 14.5 Å². The molecular formula is C20H19F2NO3. The second-order valence-corrected chi connectivity index (χ2v) is 7.09. The Morgan fingerprint density at radius 2 is 1.77 bits per heavy atom. The predicted molar refractivity (Wildman–Crippen MR) is 92.9 cm³/mol. The molecule has 0 spiro atoms. The maximum atomic E-state index is 13.8. The number of carboxylic acids is 1. The molecule has 0 aromatic heterocycles. The van der Waals surface area contributed by atoms with Crippen LogP contribution >= 0.6 is 0 Å². The molecule has 2 atom stereocenters. The first-order chi connectivity index (χ1) is 12.2. The smallest absolute Gasteiger partial charge is 0.313 e. The lowest BCUT2D eigenvalue weighted by molar-refractivity contribution is -0.142. The number of halogens is 2. The van der Waals surface area contributed by atoms with Crippen LogP contribution in [0.15, 0.2) is 42.5 Å². The zero-order valence-electron chi connectivity index (χ0n) is 14.4. The third kappa shape index (κ3) is 3.31. The molecule has 6 heteroatoms. The molecule has 26 heavy (non-hydrogen) atoms. The lowest BCUT2D eigenvalue weighted by Crippen LogP contribution is -2.28. The highest BCUT2D eigenvalue weighted by Gasteiger charge is 2.45. The van der Waals surface area contributed by atoms with E-state index in [1.54, 1.807) is 38.1 Å². The summed E-state index contributed by atoms with van der Waals surface area (Å²) in [5.41, 5.74) is 0.349. The summed E-state index contributed by atoms with van der Waals surface area (Å²) in [6, 6.07) is 10.6. The Hall–Kier alpha value is -2.76. The van der Waals surface area contributed by atoms with Crippen LogP contribution in [-0.4, -0.2) is 17.0 Å². The number of hydrogen-bond donors (Lipinski definition) is 2. The number of nitrogens with one attached hydrogen (secondary N) is 1. The van der Waals surface area contributed by atoms with Crippen molar-refractivity contribution in [1.29, 1.82) is 0 Å². The van der Waals surface area contributed by atoms with Gasteiger partial charge >= 0.3 is 5.97 Å². The minimum absolute atomic E-state index is 0.226. The Bertz CT molecular complexity index is 862. The molecule has 1 amide bonds. The Kier molecular flexibility index (Phi) is 4.52. The van der Waals surface area contributed by atoms with Crippen molar-refractivity contribution in [2.45, 2.75) is 31.6 Å². The lowest BCUT2D eigenvalue weighted by Gasteiger charge is -2.19. The Labute approximate surface area is 149 Å². The number of anilines is 1. The summed E-state index contributed by atoms with van der Waals surface area (Å²) in [6.45, 7) is 3.20. The first-order valence-corrected chi connectivity index (χ1v) is 8.30. The lowest BCUT2D eigenvalue weighted by atomic mass is 9.85. The maximum absolute atomic E-state index is 13.8. The molecule has 0 saturated heterocycles. The second-order valence-electron chi connectivity index (χ2n) is 7.09. The van der Waals surface area contributed by atoms with Gasteiger partial charge in [0.15, 0.2) is 11.6 Å². The molecule has 2 aromatic rings. The monoisotopic (exact) mass is 359 g/mol. The summed E-state index contributed by atoms with van der Waals surface area (Å²) in [6.07, 6.45) is 0.469. The topological polar surface area (TPSA) is 66.4 Å². The van der Waals surface area contributed by atoms with Gasteiger partial charge in [-0.3, -0.25) is 9.59 Å². The van der Waals surface area contributed by atoms with E-state index in [1.807, 2.05) is 0 Å². The molecule has 1 fully saturated rings. The summed E-state index contributed by atoms with van der Waals surface area (Å²) < 4.78 is 27.1. The highest BCUT2D eigenvalue weighted by atomic mass is 19.2. The molecule has 3 rings (SSSR count). The predicted octanol–water partition coefficient (Wildman–Crippen LogP) is 4.07. The van der Waals surface area contributed by atoms with E-state index >= 15 is 0 Å². The zero-order valence-corrected chi connectivity index (χ0v) is 14.4. The number of carboxylic acid groups (broad SMARTS) is 1. The van der Waals surface area contributed by atoms with E-state index in [4.69, 9.17) is 0 Å². The van der Waals surface area contributed by atoms with Gasteiger partial charge in [0.2, 0.25) is 5.91 Å². The van der Waals surface area contributed by atoms with Gasteiger partial charge in [-0.15, -0.1) is 0 Å². The van der Waals surface area contributed by atoms with Gasteiger partial charge in [0.1, 0.15) is 0 Å². The molecule has 0 radical (unpaired) electrons. The van der Waals surface area contributed by atoms with Crippen LogP contribution in [-0.2, 0) is 15.0 Å². The van der Waals surface area contributed by atoms with Crippen molar-refractivity contribution in [1.82, 2.24) is 0 Å². The Balaban J connectivity index is 1.66. The SMILES string of the molecule is CC(C)(C(=O)O)c1ccc(NC(=O)C2CC2c2cccc(F)c2F)cc1. The van der Waals surface area contributed by atoms with E-state index in [9.17, 15) is 23.5 Å². The van der Waals surface area contributed by atoms with E-state index in [-0.39, 0.29) is 17.4 Å². The van der Waals surface area contributed by atoms with Crippen molar-refractivity contribution in [3.63, 3.8) is 0 Å². The van der Waals surface area contributed by atoms with Gasteiger partial charge in [-0.1, -0.05) is 24.3 Å². The van der Waals surface area contributed by atoms with Crippen LogP contribution in [0.3, 0.4) is 0 Å². The highest BCUT2D eigenvalue weighted by molar-refractivity contribution is 5.95. The minimum Gasteiger partial charge on any atom is -0.481 e. The standard InChI is InChI=1S/C20H19F2NO3/c1-20(2,19(25)26)11-6-8-12(9-7-11)23-18(24)15-10-14(15)13-4-3-5-16(21)17(13)22/h3-9,14-15H,10H2,1-2H3,(H,23,24)(H,25,26). The van der Waals surface area contributed by atoms with Crippen LogP contribution in [0.1, 0.15) is 37.3 Å². The number of amides is 1. The van der Waals surface area contributed by atoms with E-state index in [0.29, 0.717) is 17.7 Å². The summed E-state index contributed by atoms with van der Waals surface area (Å²) >= 11 is 0. The van der Waals surface area contributed by atoms with Crippen LogP contribution < -0.4 is 5.32 Å². The van der Waals surface area contributed by atoms with Gasteiger partial charge in [0, 0.05) is 11.6 Å². The van der Waals surface area contributed by atoms with Gasteiger partial charge in [0.25, 0.3) is 0 Å². The molecule has 1 aliphatic rings. The average molecular weight is 359 g/mol. The molecule has 2 aromatic carbocycles. The Morgan fingerprint density at radius 3 is 2.38 bits per heavy atom. The van der Waals surface area contributed by atoms with Crippen molar-refractivity contribution in [3.8, 4) is 0 Å². The second kappa shape index (κ2) is 6.52. The first kappa shape index (κ1) is 18.0. The number of carbonyl (C=O) groups is 2. The fourth-order valence-electron chi connectivity index (χ4n) is 2.96. The minimum atomic E-state index is -1.03. The van der Waals surface area contributed by atoms with Gasteiger partial charge in [-0.05, 0) is 55.5 Å². The molecule has 1 aliphatic carbocycles. The van der Waals surface area contributed by atoms with Crippen LogP contribution in [0, 0.1) is 17.6 Å². The molecule has 2 N–H and O–H groups in total. The van der Waals surface area contributed by atoms with E-state index in [1.165, 1.54) is 12.1 Å². The van der Waals surface area contributed by atoms with Gasteiger partial charge < -0.3 is 10.4 Å². The van der Waals surface area contributed by atoms with Gasteiger partial charge in [-0.25, -0.2) is 8.78 Å². The molecule has 2 unspecified atom stereocenters. The fourth-order valence-corrected chi connectivity index (χ4v) is 2.96. The first-order valence-electron chi connectivity index (χ1n) is 8.30. The van der Waals surface area contributed by atoms with Crippen molar-refractivity contribution in [2.75, 3.05) is 5.32 Å². The van der Waals surface area contributed by atoms with Crippen molar-refractivity contribution in [3.05, 3.63) is 65.2 Å². The van der Waals surface area contributed by atoms with Gasteiger partial charge in [-0.2, -0.15) is 0 Å². The number of hydrogen-bond acceptors (Lipinski definition) is 2. The molecule has 0 heterocycles. The normalized spacial score (nSPS) is 19.1. The summed E-state index contributed by atoms with van der Waals surface area (Å²) in [5.74, 6) is -3.73. The summed E-state index contributed by atoms with van der Waals surface area (Å²) in [7, 11) is 0. The van der Waals surface area contributed by atoms with E-state index in [0.717, 1.165) is 6.07 Å². The van der Waals surface area contributed by atoms with Crippen molar-refractivity contribution in [2.24, 2.45) is 5.92 Å². The number of benzene rings is 2. The van der Waals surface area contributed by atoms with E-state index < -0.39 is 28.9 Å². The number of rotatable bonds is 5. The fraction of sp³-hybridized carbons (Fsp3) is 0.300. The number of carbonyl (C=O) groups excluding carboxylic acids is 1. The molecule has 1 saturated carbocycles. The quantitative estimate of drug-likeness (QED) is 0.846. The highest BCUT2D eigenvalue weighted by Crippen LogP contribution is 2.49. The van der Waals surface area contributed by atoms with Crippen molar-refractivity contribution >= 4 is 17.6 Å². The third-order valence-corrected chi connectivity index (χ3v) is 4.92. The Morgan fingerprint density at radius 1 is 1.12 bits per heavy atom. The maximum Gasteiger partial charge on any atom is 0.313 e. The summed E-state index contributed by atoms with van der Waals surface area (Å²) in [4.78, 5) is 23.6. The molecule has 0 bridgehead atoms. The summed E-state index contributed by atoms with van der Waals surface area (Å²) in [5, 5.41) is 12.0. The molecular weight excluding hydrogens is 340 g/mol. The molecule has 0 aliphatic heterocycles. The van der Waals surface area contributed by atoms with Crippen LogP contribution in [0.25, 0.3) is 0 Å². The van der Waals surface area contributed by atoms with Crippen LogP contribution in [0.2, 0.25) is 0 Å².